The fourth-order valence-electron chi connectivity index (χ4n) is 2.70. The van der Waals surface area contributed by atoms with Gasteiger partial charge in [0.25, 0.3) is 0 Å². The molecule has 1 aromatic carbocycles. The summed E-state index contributed by atoms with van der Waals surface area (Å²) in [6.45, 7) is 3.53. The molecule has 1 aromatic rings. The van der Waals surface area contributed by atoms with Crippen LogP contribution in [0, 0.1) is 5.41 Å². The maximum absolute atomic E-state index is 7.43. The van der Waals surface area contributed by atoms with Crippen LogP contribution in [0.25, 0.3) is 0 Å². The summed E-state index contributed by atoms with van der Waals surface area (Å²) in [4.78, 5) is 3.98. The fourth-order valence-corrected chi connectivity index (χ4v) is 2.70. The summed E-state index contributed by atoms with van der Waals surface area (Å²) in [5, 5.41) is 10.9. The Balaban J connectivity index is 1.86. The number of hydrogen-bond donors (Lipinski definition) is 5. The molecule has 152 valence electrons. The lowest BCUT2D eigenvalue weighted by molar-refractivity contribution is 0.305. The van der Waals surface area contributed by atoms with Crippen molar-refractivity contribution in [2.45, 2.75) is 51.4 Å². The minimum absolute atomic E-state index is 0.0654. The molecule has 0 aromatic heterocycles. The predicted octanol–water partition coefficient (Wildman–Crippen LogP) is 2.33. The smallest absolute Gasteiger partial charge is 0.185 e. The van der Waals surface area contributed by atoms with Gasteiger partial charge in [0.05, 0.1) is 6.61 Å². The number of nitrogens with two attached hydrogens (primary N) is 3. The summed E-state index contributed by atoms with van der Waals surface area (Å²) in [5.41, 5.74) is 16.7. The molecule has 0 saturated carbocycles. The second kappa shape index (κ2) is 14.8. The molecule has 27 heavy (non-hydrogen) atoms. The Hall–Kier alpha value is -2.28. The van der Waals surface area contributed by atoms with E-state index in [0.717, 1.165) is 44.6 Å². The molecule has 0 fully saturated rings. The van der Waals surface area contributed by atoms with Gasteiger partial charge in [0.2, 0.25) is 0 Å². The van der Waals surface area contributed by atoms with Gasteiger partial charge in [0.15, 0.2) is 5.96 Å². The number of hydrogen-bond acceptors (Lipinski definition) is 4. The van der Waals surface area contributed by atoms with E-state index in [1.807, 2.05) is 24.3 Å². The predicted molar refractivity (Wildman–Crippen MR) is 113 cm³/mol. The van der Waals surface area contributed by atoms with E-state index >= 15 is 0 Å². The second-order valence-electron chi connectivity index (χ2n) is 6.67. The van der Waals surface area contributed by atoms with Crippen molar-refractivity contribution >= 4 is 11.8 Å². The van der Waals surface area contributed by atoms with Crippen LogP contribution in [0.4, 0.5) is 0 Å². The quantitative estimate of drug-likeness (QED) is 0.171. The van der Waals surface area contributed by atoms with Gasteiger partial charge in [-0.05, 0) is 50.9 Å². The molecule has 0 aliphatic carbocycles. The standard InChI is InChI=1S/C20H36N6O/c21-19(22)17-10-9-11-18(16-17)27-15-8-7-13-25-12-5-3-1-2-4-6-14-26-20(23)24/h9-11,16,25H,1-8,12-15H2,(H3,21,22)(H4,23,24,26). The van der Waals surface area contributed by atoms with Crippen molar-refractivity contribution in [3.8, 4) is 5.75 Å². The molecule has 0 saturated heterocycles. The van der Waals surface area contributed by atoms with Gasteiger partial charge in [-0.2, -0.15) is 0 Å². The Kier molecular flexibility index (Phi) is 12.5. The highest BCUT2D eigenvalue weighted by molar-refractivity contribution is 5.95. The minimum Gasteiger partial charge on any atom is -0.494 e. The normalized spacial score (nSPS) is 10.5. The van der Waals surface area contributed by atoms with Crippen molar-refractivity contribution < 1.29 is 4.74 Å². The van der Waals surface area contributed by atoms with Gasteiger partial charge < -0.3 is 27.3 Å². The molecule has 7 heteroatoms. The van der Waals surface area contributed by atoms with E-state index in [9.17, 15) is 0 Å². The third-order valence-corrected chi connectivity index (χ3v) is 4.22. The lowest BCUT2D eigenvalue weighted by Gasteiger charge is -2.08. The molecule has 0 unspecified atom stereocenters. The van der Waals surface area contributed by atoms with E-state index in [-0.39, 0.29) is 11.8 Å². The second-order valence-corrected chi connectivity index (χ2v) is 6.67. The molecule has 1 rings (SSSR count). The van der Waals surface area contributed by atoms with Crippen LogP contribution in [-0.2, 0) is 0 Å². The summed E-state index contributed by atoms with van der Waals surface area (Å²) < 4.78 is 5.71. The molecule has 0 heterocycles. The lowest BCUT2D eigenvalue weighted by atomic mass is 10.1. The number of ether oxygens (including phenoxy) is 1. The first-order valence-electron chi connectivity index (χ1n) is 9.93. The van der Waals surface area contributed by atoms with E-state index in [4.69, 9.17) is 27.3 Å². The number of amidine groups is 1. The van der Waals surface area contributed by atoms with Gasteiger partial charge in [-0.1, -0.05) is 37.8 Å². The van der Waals surface area contributed by atoms with Crippen molar-refractivity contribution in [2.75, 3.05) is 26.2 Å². The van der Waals surface area contributed by atoms with E-state index in [2.05, 4.69) is 10.3 Å². The Labute approximate surface area is 163 Å². The number of nitrogen functional groups attached to an aromatic ring is 1. The van der Waals surface area contributed by atoms with Gasteiger partial charge in [-0.25, -0.2) is 0 Å². The van der Waals surface area contributed by atoms with Gasteiger partial charge in [0.1, 0.15) is 11.6 Å². The van der Waals surface area contributed by atoms with Crippen LogP contribution in [0.3, 0.4) is 0 Å². The molecular weight excluding hydrogens is 340 g/mol. The summed E-state index contributed by atoms with van der Waals surface area (Å²) >= 11 is 0. The van der Waals surface area contributed by atoms with Crippen LogP contribution in [0.5, 0.6) is 5.75 Å². The Morgan fingerprint density at radius 3 is 2.30 bits per heavy atom. The Morgan fingerprint density at radius 1 is 0.926 bits per heavy atom. The van der Waals surface area contributed by atoms with Gasteiger partial charge >= 0.3 is 0 Å². The molecular formula is C20H36N6O. The van der Waals surface area contributed by atoms with Crippen molar-refractivity contribution in [1.29, 1.82) is 5.41 Å². The lowest BCUT2D eigenvalue weighted by Crippen LogP contribution is -2.22. The molecule has 0 aliphatic rings. The number of unbranched alkanes of at least 4 members (excludes halogenated alkanes) is 6. The van der Waals surface area contributed by atoms with Crippen LogP contribution in [0.1, 0.15) is 56.9 Å². The van der Waals surface area contributed by atoms with Crippen molar-refractivity contribution in [3.05, 3.63) is 29.8 Å². The van der Waals surface area contributed by atoms with Crippen LogP contribution in [0.2, 0.25) is 0 Å². The highest BCUT2D eigenvalue weighted by Crippen LogP contribution is 2.13. The average Bonchev–Trinajstić information content (AvgIpc) is 2.64. The molecule has 0 radical (unpaired) electrons. The first-order chi connectivity index (χ1) is 13.1. The summed E-state index contributed by atoms with van der Waals surface area (Å²) in [6, 6.07) is 7.37. The Bertz CT molecular complexity index is 557. The number of rotatable bonds is 16. The summed E-state index contributed by atoms with van der Waals surface area (Å²) in [5.74, 6) is 1.03. The van der Waals surface area contributed by atoms with Crippen molar-refractivity contribution in [2.24, 2.45) is 22.2 Å². The van der Waals surface area contributed by atoms with E-state index in [0.29, 0.717) is 12.2 Å². The number of guanidine groups is 1. The number of nitrogens with one attached hydrogen (secondary N) is 2. The van der Waals surface area contributed by atoms with Gasteiger partial charge in [0, 0.05) is 12.1 Å². The highest BCUT2D eigenvalue weighted by Gasteiger charge is 1.99. The number of nitrogens with zero attached hydrogens (tertiary/aromatic N) is 1. The fraction of sp³-hybridized carbons (Fsp3) is 0.600. The SMILES string of the molecule is N=C(N)c1cccc(OCCCCNCCCCCCCCN=C(N)N)c1. The number of benzene rings is 1. The van der Waals surface area contributed by atoms with Crippen LogP contribution < -0.4 is 27.3 Å². The molecule has 0 spiro atoms. The molecule has 7 nitrogen and oxygen atoms in total. The zero-order valence-electron chi connectivity index (χ0n) is 16.4. The molecule has 0 bridgehead atoms. The first-order valence-corrected chi connectivity index (χ1v) is 9.93. The zero-order chi connectivity index (χ0) is 19.7. The Morgan fingerprint density at radius 2 is 1.59 bits per heavy atom. The van der Waals surface area contributed by atoms with E-state index < -0.39 is 0 Å². The van der Waals surface area contributed by atoms with E-state index in [1.165, 1.54) is 32.1 Å². The first kappa shape index (κ1) is 22.8. The topological polar surface area (TPSA) is 136 Å². The summed E-state index contributed by atoms with van der Waals surface area (Å²) in [6.07, 6.45) is 9.38. The molecule has 0 amide bonds. The van der Waals surface area contributed by atoms with Crippen molar-refractivity contribution in [3.63, 3.8) is 0 Å². The van der Waals surface area contributed by atoms with Crippen LogP contribution in [0.15, 0.2) is 29.3 Å². The summed E-state index contributed by atoms with van der Waals surface area (Å²) in [7, 11) is 0. The molecule has 0 aliphatic heterocycles. The zero-order valence-corrected chi connectivity index (χ0v) is 16.4. The largest absolute Gasteiger partial charge is 0.494 e. The van der Waals surface area contributed by atoms with Crippen molar-refractivity contribution in [1.82, 2.24) is 5.32 Å². The van der Waals surface area contributed by atoms with Gasteiger partial charge in [-0.15, -0.1) is 0 Å². The molecule has 8 N–H and O–H groups in total. The maximum atomic E-state index is 7.43. The average molecular weight is 377 g/mol. The third-order valence-electron chi connectivity index (χ3n) is 4.22. The maximum Gasteiger partial charge on any atom is 0.185 e. The highest BCUT2D eigenvalue weighted by atomic mass is 16.5. The van der Waals surface area contributed by atoms with Gasteiger partial charge in [-0.3, -0.25) is 10.4 Å². The molecule has 0 atom stereocenters. The monoisotopic (exact) mass is 376 g/mol. The number of aliphatic imine (C=N–C) groups is 1. The van der Waals surface area contributed by atoms with Crippen LogP contribution in [-0.4, -0.2) is 38.0 Å². The minimum atomic E-state index is 0.0654. The third kappa shape index (κ3) is 12.7. The van der Waals surface area contributed by atoms with E-state index in [1.54, 1.807) is 0 Å². The van der Waals surface area contributed by atoms with Crippen LogP contribution >= 0.6 is 0 Å².